The summed E-state index contributed by atoms with van der Waals surface area (Å²) >= 11 is 9.70. The largest absolute Gasteiger partial charge is 0.490 e. The molecule has 0 bridgehead atoms. The summed E-state index contributed by atoms with van der Waals surface area (Å²) in [5.41, 5.74) is 5.25. The lowest BCUT2D eigenvalue weighted by Gasteiger charge is -2.15. The molecular weight excluding hydrogens is 522 g/mol. The Hall–Kier alpha value is -3.36. The summed E-state index contributed by atoms with van der Waals surface area (Å²) in [6, 6.07) is 18.0. The van der Waals surface area contributed by atoms with Crippen LogP contribution in [0.2, 0.25) is 5.02 Å². The first-order valence-electron chi connectivity index (χ1n) is 10.4. The summed E-state index contributed by atoms with van der Waals surface area (Å²) in [7, 11) is 0. The standard InChI is InChI=1S/C25H23BrClN3O4/c1-3-33-22-13-17(12-20(26)23(22)34-15-18-6-4-5-7-21(18)27)14-28-30-25(32)24(31)29-19-10-8-16(2)9-11-19/h4-14H,3,15H2,1-2H3,(H,29,31)(H,30,32). The molecule has 0 spiro atoms. The number of halogens is 2. The number of hydrogen-bond acceptors (Lipinski definition) is 5. The third-order valence-corrected chi connectivity index (χ3v) is 5.51. The van der Waals surface area contributed by atoms with Gasteiger partial charge in [0.05, 0.1) is 17.3 Å². The monoisotopic (exact) mass is 543 g/mol. The Morgan fingerprint density at radius 2 is 1.79 bits per heavy atom. The molecule has 176 valence electrons. The summed E-state index contributed by atoms with van der Waals surface area (Å²) in [5, 5.41) is 7.00. The number of hydrazone groups is 1. The fourth-order valence-electron chi connectivity index (χ4n) is 2.87. The second-order valence-corrected chi connectivity index (χ2v) is 8.42. The molecule has 7 nitrogen and oxygen atoms in total. The average molecular weight is 545 g/mol. The van der Waals surface area contributed by atoms with Crippen LogP contribution in [-0.2, 0) is 16.2 Å². The number of aryl methyl sites for hydroxylation is 1. The first-order valence-corrected chi connectivity index (χ1v) is 11.6. The Morgan fingerprint density at radius 3 is 2.50 bits per heavy atom. The highest BCUT2D eigenvalue weighted by Gasteiger charge is 2.14. The van der Waals surface area contributed by atoms with Gasteiger partial charge in [0.1, 0.15) is 6.61 Å². The van der Waals surface area contributed by atoms with Gasteiger partial charge in [-0.1, -0.05) is 47.5 Å². The minimum absolute atomic E-state index is 0.262. The highest BCUT2D eigenvalue weighted by Crippen LogP contribution is 2.37. The van der Waals surface area contributed by atoms with Crippen LogP contribution in [0.25, 0.3) is 0 Å². The molecule has 0 heterocycles. The minimum Gasteiger partial charge on any atom is -0.490 e. The van der Waals surface area contributed by atoms with Gasteiger partial charge < -0.3 is 14.8 Å². The van der Waals surface area contributed by atoms with Crippen LogP contribution in [0.4, 0.5) is 5.69 Å². The average Bonchev–Trinajstić information content (AvgIpc) is 2.81. The van der Waals surface area contributed by atoms with Gasteiger partial charge >= 0.3 is 11.8 Å². The van der Waals surface area contributed by atoms with Crippen molar-refractivity contribution < 1.29 is 19.1 Å². The summed E-state index contributed by atoms with van der Waals surface area (Å²) in [5.74, 6) is -0.699. The molecule has 0 aliphatic heterocycles. The highest BCUT2D eigenvalue weighted by atomic mass is 79.9. The fourth-order valence-corrected chi connectivity index (χ4v) is 3.64. The molecule has 0 aliphatic rings. The number of nitrogens with zero attached hydrogens (tertiary/aromatic N) is 1. The maximum atomic E-state index is 12.0. The van der Waals surface area contributed by atoms with Gasteiger partial charge in [0.15, 0.2) is 11.5 Å². The number of nitrogens with one attached hydrogen (secondary N) is 2. The molecule has 2 amide bonds. The quantitative estimate of drug-likeness (QED) is 0.223. The summed E-state index contributed by atoms with van der Waals surface area (Å²) in [4.78, 5) is 24.1. The Balaban J connectivity index is 1.65. The zero-order valence-electron chi connectivity index (χ0n) is 18.6. The summed E-state index contributed by atoms with van der Waals surface area (Å²) in [6.07, 6.45) is 1.40. The molecule has 0 radical (unpaired) electrons. The summed E-state index contributed by atoms with van der Waals surface area (Å²) < 4.78 is 12.3. The number of anilines is 1. The van der Waals surface area contributed by atoms with Crippen molar-refractivity contribution in [1.29, 1.82) is 0 Å². The van der Waals surface area contributed by atoms with E-state index >= 15 is 0 Å². The van der Waals surface area contributed by atoms with Crippen molar-refractivity contribution in [2.45, 2.75) is 20.5 Å². The number of hydrogen-bond donors (Lipinski definition) is 2. The maximum Gasteiger partial charge on any atom is 0.329 e. The number of carbonyl (C=O) groups excluding carboxylic acids is 2. The zero-order valence-corrected chi connectivity index (χ0v) is 20.9. The van der Waals surface area contributed by atoms with Crippen molar-refractivity contribution in [3.8, 4) is 11.5 Å². The molecule has 34 heavy (non-hydrogen) atoms. The van der Waals surface area contributed by atoms with Gasteiger partial charge in [-0.05, 0) is 65.7 Å². The van der Waals surface area contributed by atoms with E-state index < -0.39 is 11.8 Å². The third kappa shape index (κ3) is 7.07. The Kier molecular flexibility index (Phi) is 9.07. The van der Waals surface area contributed by atoms with Gasteiger partial charge in [0.2, 0.25) is 0 Å². The highest BCUT2D eigenvalue weighted by molar-refractivity contribution is 9.10. The van der Waals surface area contributed by atoms with E-state index in [1.54, 1.807) is 30.3 Å². The van der Waals surface area contributed by atoms with Crippen LogP contribution < -0.4 is 20.2 Å². The molecular formula is C25H23BrClN3O4. The Morgan fingerprint density at radius 1 is 1.06 bits per heavy atom. The van der Waals surface area contributed by atoms with E-state index in [4.69, 9.17) is 21.1 Å². The van der Waals surface area contributed by atoms with Gasteiger partial charge in [-0.15, -0.1) is 0 Å². The van der Waals surface area contributed by atoms with Crippen LogP contribution in [0.5, 0.6) is 11.5 Å². The molecule has 2 N–H and O–H groups in total. The van der Waals surface area contributed by atoms with Gasteiger partial charge in [0, 0.05) is 16.3 Å². The number of rotatable bonds is 8. The zero-order chi connectivity index (χ0) is 24.5. The molecule has 0 aromatic heterocycles. The van der Waals surface area contributed by atoms with Crippen LogP contribution in [0, 0.1) is 6.92 Å². The topological polar surface area (TPSA) is 89.0 Å². The minimum atomic E-state index is -0.888. The Bertz CT molecular complexity index is 1200. The van der Waals surface area contributed by atoms with E-state index in [0.29, 0.717) is 38.9 Å². The predicted molar refractivity (Wildman–Crippen MR) is 137 cm³/mol. The normalized spacial score (nSPS) is 10.7. The van der Waals surface area contributed by atoms with Gasteiger partial charge in [0.25, 0.3) is 0 Å². The van der Waals surface area contributed by atoms with E-state index in [1.807, 2.05) is 44.2 Å². The molecule has 3 aromatic carbocycles. The number of amides is 2. The molecule has 3 aromatic rings. The van der Waals surface area contributed by atoms with Crippen LogP contribution in [0.1, 0.15) is 23.6 Å². The van der Waals surface area contributed by atoms with Crippen molar-refractivity contribution in [1.82, 2.24) is 5.43 Å². The molecule has 0 unspecified atom stereocenters. The molecule has 0 saturated carbocycles. The lowest BCUT2D eigenvalue weighted by molar-refractivity contribution is -0.136. The van der Waals surface area contributed by atoms with Crippen LogP contribution >= 0.6 is 27.5 Å². The van der Waals surface area contributed by atoms with Crippen molar-refractivity contribution in [3.05, 3.63) is 86.8 Å². The molecule has 3 rings (SSSR count). The van der Waals surface area contributed by atoms with Crippen LogP contribution in [0.15, 0.2) is 70.2 Å². The van der Waals surface area contributed by atoms with Crippen molar-refractivity contribution in [2.24, 2.45) is 5.10 Å². The van der Waals surface area contributed by atoms with Crippen molar-refractivity contribution >= 4 is 51.2 Å². The first-order chi connectivity index (χ1) is 16.4. The fraction of sp³-hybridized carbons (Fsp3) is 0.160. The van der Waals surface area contributed by atoms with Crippen molar-refractivity contribution in [2.75, 3.05) is 11.9 Å². The predicted octanol–water partition coefficient (Wildman–Crippen LogP) is 5.48. The van der Waals surface area contributed by atoms with Crippen LogP contribution in [0.3, 0.4) is 0 Å². The second kappa shape index (κ2) is 12.2. The molecule has 0 saturated heterocycles. The maximum absolute atomic E-state index is 12.0. The number of carbonyl (C=O) groups is 2. The third-order valence-electron chi connectivity index (χ3n) is 4.56. The molecule has 0 fully saturated rings. The Labute approximate surface area is 211 Å². The van der Waals surface area contributed by atoms with Gasteiger partial charge in [-0.2, -0.15) is 5.10 Å². The lowest BCUT2D eigenvalue weighted by Crippen LogP contribution is -2.32. The smallest absolute Gasteiger partial charge is 0.329 e. The van der Waals surface area contributed by atoms with Crippen molar-refractivity contribution in [3.63, 3.8) is 0 Å². The van der Waals surface area contributed by atoms with Gasteiger partial charge in [-0.25, -0.2) is 5.43 Å². The van der Waals surface area contributed by atoms with E-state index in [0.717, 1.165) is 11.1 Å². The van der Waals surface area contributed by atoms with E-state index in [1.165, 1.54) is 6.21 Å². The lowest BCUT2D eigenvalue weighted by atomic mass is 10.2. The number of ether oxygens (including phenoxy) is 2. The van der Waals surface area contributed by atoms with Gasteiger partial charge in [-0.3, -0.25) is 9.59 Å². The second-order valence-electron chi connectivity index (χ2n) is 7.16. The molecule has 0 atom stereocenters. The summed E-state index contributed by atoms with van der Waals surface area (Å²) in [6.45, 7) is 4.47. The number of benzene rings is 3. The molecule has 0 aliphatic carbocycles. The van der Waals surface area contributed by atoms with E-state index in [9.17, 15) is 9.59 Å². The van der Waals surface area contributed by atoms with Crippen LogP contribution in [-0.4, -0.2) is 24.6 Å². The van der Waals surface area contributed by atoms with E-state index in [-0.39, 0.29) is 6.61 Å². The molecule has 9 heteroatoms. The van der Waals surface area contributed by atoms with E-state index in [2.05, 4.69) is 31.8 Å². The SMILES string of the molecule is CCOc1cc(C=NNC(=O)C(=O)Nc2ccc(C)cc2)cc(Br)c1OCc1ccccc1Cl. The first kappa shape index (κ1) is 25.3.